The minimum atomic E-state index is -0.160. The van der Waals surface area contributed by atoms with Crippen LogP contribution >= 0.6 is 0 Å². The molecule has 3 aliphatic rings. The molecule has 0 fully saturated rings. The molecule has 8 rings (SSSR count). The van der Waals surface area contributed by atoms with Crippen molar-refractivity contribution in [3.8, 4) is 11.1 Å². The second kappa shape index (κ2) is 11.3. The third-order valence-corrected chi connectivity index (χ3v) is 8.64. The molecule has 0 saturated heterocycles. The van der Waals surface area contributed by atoms with E-state index < -0.39 is 0 Å². The van der Waals surface area contributed by atoms with Gasteiger partial charge in [0.05, 0.1) is 6.04 Å². The fraction of sp³-hybridized carbons (Fsp3) is 0.0750. The summed E-state index contributed by atoms with van der Waals surface area (Å²) in [6.07, 6.45) is 12.7. The number of aliphatic imine (C=N–C) groups is 1. The van der Waals surface area contributed by atoms with Crippen LogP contribution in [0.4, 0.5) is 0 Å². The van der Waals surface area contributed by atoms with Gasteiger partial charge in [0, 0.05) is 5.56 Å². The van der Waals surface area contributed by atoms with E-state index in [9.17, 15) is 0 Å². The number of hydrogen-bond donors (Lipinski definition) is 3. The number of nitrogens with zero attached hydrogens (tertiary/aromatic N) is 1. The fourth-order valence-corrected chi connectivity index (χ4v) is 6.45. The molecule has 5 aromatic carbocycles. The second-order valence-electron chi connectivity index (χ2n) is 11.3. The third-order valence-electron chi connectivity index (χ3n) is 8.64. The summed E-state index contributed by atoms with van der Waals surface area (Å²) in [5, 5.41) is 13.4. The Morgan fingerprint density at radius 3 is 2.23 bits per heavy atom. The maximum Gasteiger partial charge on any atom is 0.131 e. The van der Waals surface area contributed by atoms with E-state index in [4.69, 9.17) is 4.99 Å². The van der Waals surface area contributed by atoms with Gasteiger partial charge in [-0.1, -0.05) is 146 Å². The van der Waals surface area contributed by atoms with Gasteiger partial charge in [-0.3, -0.25) is 5.32 Å². The monoisotopic (exact) mass is 568 g/mol. The van der Waals surface area contributed by atoms with Crippen molar-refractivity contribution >= 4 is 22.2 Å². The van der Waals surface area contributed by atoms with Crippen LogP contribution in [0, 0.1) is 0 Å². The number of hydrogen-bond acceptors (Lipinski definition) is 4. The number of amidine groups is 1. The summed E-state index contributed by atoms with van der Waals surface area (Å²) in [5.41, 5.74) is 9.60. The molecule has 4 heteroatoms. The van der Waals surface area contributed by atoms with Crippen LogP contribution in [0.3, 0.4) is 0 Å². The Labute approximate surface area is 257 Å². The molecule has 1 aliphatic carbocycles. The molecule has 0 saturated carbocycles. The summed E-state index contributed by atoms with van der Waals surface area (Å²) in [7, 11) is 0. The highest BCUT2D eigenvalue weighted by Crippen LogP contribution is 2.40. The summed E-state index contributed by atoms with van der Waals surface area (Å²) in [6.45, 7) is 0. The Bertz CT molecular complexity index is 1980. The highest BCUT2D eigenvalue weighted by molar-refractivity contribution is 6.04. The maximum absolute atomic E-state index is 5.06. The molecule has 0 bridgehead atoms. The molecule has 0 radical (unpaired) electrons. The maximum atomic E-state index is 5.06. The van der Waals surface area contributed by atoms with Gasteiger partial charge in [0.2, 0.25) is 0 Å². The standard InChI is InChI=1S/C40H32N4/c1-3-12-29(13-4-1)38-42-39(30-14-5-2-6-15-30)44-40(43-38)31-21-19-28(20-22-31)37-32-16-8-7-11-27(32)23-24-35(37)33-25-26-41-36-18-10-9-17-34(33)36/h1-26,36,38,40-41,43H,(H,42,44). The number of nitrogens with one attached hydrogen (secondary N) is 3. The zero-order valence-electron chi connectivity index (χ0n) is 24.2. The van der Waals surface area contributed by atoms with E-state index in [2.05, 4.69) is 162 Å². The highest BCUT2D eigenvalue weighted by Gasteiger charge is 2.26. The lowest BCUT2D eigenvalue weighted by molar-refractivity contribution is 0.409. The largest absolute Gasteiger partial charge is 0.381 e. The van der Waals surface area contributed by atoms with Crippen LogP contribution in [-0.4, -0.2) is 11.9 Å². The number of benzene rings is 5. The van der Waals surface area contributed by atoms with E-state index >= 15 is 0 Å². The number of allylic oxidation sites excluding steroid dienone is 4. The van der Waals surface area contributed by atoms with E-state index in [0.29, 0.717) is 0 Å². The van der Waals surface area contributed by atoms with E-state index in [1.54, 1.807) is 0 Å². The van der Waals surface area contributed by atoms with Crippen LogP contribution in [0.15, 0.2) is 168 Å². The van der Waals surface area contributed by atoms with Gasteiger partial charge in [0.1, 0.15) is 18.2 Å². The van der Waals surface area contributed by atoms with Crippen molar-refractivity contribution in [3.05, 3.63) is 186 Å². The van der Waals surface area contributed by atoms with E-state index in [0.717, 1.165) is 22.5 Å². The Hall–Kier alpha value is -5.45. The summed E-state index contributed by atoms with van der Waals surface area (Å²) in [4.78, 5) is 5.06. The van der Waals surface area contributed by atoms with Gasteiger partial charge < -0.3 is 10.6 Å². The quantitative estimate of drug-likeness (QED) is 0.200. The predicted octanol–water partition coefficient (Wildman–Crippen LogP) is 8.21. The minimum Gasteiger partial charge on any atom is -0.381 e. The van der Waals surface area contributed by atoms with Gasteiger partial charge >= 0.3 is 0 Å². The molecule has 44 heavy (non-hydrogen) atoms. The Morgan fingerprint density at radius 1 is 0.614 bits per heavy atom. The first-order valence-electron chi connectivity index (χ1n) is 15.2. The fourth-order valence-electron chi connectivity index (χ4n) is 6.45. The van der Waals surface area contributed by atoms with Gasteiger partial charge in [0.15, 0.2) is 0 Å². The Morgan fingerprint density at radius 2 is 1.39 bits per heavy atom. The Kier molecular flexibility index (Phi) is 6.74. The first kappa shape index (κ1) is 26.2. The van der Waals surface area contributed by atoms with Crippen LogP contribution in [0.25, 0.3) is 27.5 Å². The molecular formula is C40H32N4. The van der Waals surface area contributed by atoms with E-state index in [1.165, 1.54) is 38.6 Å². The van der Waals surface area contributed by atoms with Gasteiger partial charge in [-0.25, -0.2) is 4.99 Å². The summed E-state index contributed by atoms with van der Waals surface area (Å²) < 4.78 is 0. The summed E-state index contributed by atoms with van der Waals surface area (Å²) in [5.74, 6) is 0.888. The van der Waals surface area contributed by atoms with Crippen LogP contribution < -0.4 is 16.0 Å². The van der Waals surface area contributed by atoms with Gasteiger partial charge in [-0.05, 0) is 62.0 Å². The van der Waals surface area contributed by atoms with Gasteiger partial charge in [-0.2, -0.15) is 0 Å². The third kappa shape index (κ3) is 4.85. The minimum absolute atomic E-state index is 0.105. The van der Waals surface area contributed by atoms with Crippen LogP contribution in [0.1, 0.15) is 34.6 Å². The number of dihydropyridines is 1. The number of fused-ring (bicyclic) bond motifs is 2. The molecule has 3 unspecified atom stereocenters. The van der Waals surface area contributed by atoms with Crippen LogP contribution in [0.2, 0.25) is 0 Å². The lowest BCUT2D eigenvalue weighted by Gasteiger charge is -2.32. The number of rotatable bonds is 5. The second-order valence-corrected chi connectivity index (χ2v) is 11.3. The normalized spacial score (nSPS) is 20.5. The lowest BCUT2D eigenvalue weighted by atomic mass is 9.84. The van der Waals surface area contributed by atoms with Crippen LogP contribution in [0.5, 0.6) is 0 Å². The van der Waals surface area contributed by atoms with Crippen LogP contribution in [-0.2, 0) is 0 Å². The Balaban J connectivity index is 1.20. The molecule has 4 nitrogen and oxygen atoms in total. The average molecular weight is 569 g/mol. The van der Waals surface area contributed by atoms with Gasteiger partial charge in [0.25, 0.3) is 0 Å². The molecule has 3 N–H and O–H groups in total. The van der Waals surface area contributed by atoms with Crippen molar-refractivity contribution in [2.45, 2.75) is 18.4 Å². The molecule has 0 spiro atoms. The molecule has 5 aromatic rings. The predicted molar refractivity (Wildman–Crippen MR) is 182 cm³/mol. The molecule has 0 amide bonds. The molecule has 2 heterocycles. The molecule has 212 valence electrons. The van der Waals surface area contributed by atoms with Crippen molar-refractivity contribution < 1.29 is 0 Å². The molecule has 3 atom stereocenters. The van der Waals surface area contributed by atoms with Crippen molar-refractivity contribution in [3.63, 3.8) is 0 Å². The SMILES string of the molecule is C1=CC2=C(c3ccc4ccccc4c3-c3ccc(C4NC(c5ccccc5)=NC(c5ccccc5)N4)cc3)C=CNC2C=C1. The smallest absolute Gasteiger partial charge is 0.131 e. The topological polar surface area (TPSA) is 48.5 Å². The van der Waals surface area contributed by atoms with Crippen molar-refractivity contribution in [2.75, 3.05) is 0 Å². The van der Waals surface area contributed by atoms with Crippen molar-refractivity contribution in [2.24, 2.45) is 4.99 Å². The zero-order chi connectivity index (χ0) is 29.3. The zero-order valence-corrected chi connectivity index (χ0v) is 24.2. The molecular weight excluding hydrogens is 536 g/mol. The first-order valence-corrected chi connectivity index (χ1v) is 15.2. The van der Waals surface area contributed by atoms with Crippen molar-refractivity contribution in [1.29, 1.82) is 0 Å². The molecule has 0 aromatic heterocycles. The average Bonchev–Trinajstić information content (AvgIpc) is 3.11. The molecule has 2 aliphatic heterocycles. The highest BCUT2D eigenvalue weighted by atomic mass is 15.3. The summed E-state index contributed by atoms with van der Waals surface area (Å²) >= 11 is 0. The van der Waals surface area contributed by atoms with E-state index in [1.807, 2.05) is 12.1 Å². The first-order chi connectivity index (χ1) is 21.8. The van der Waals surface area contributed by atoms with Gasteiger partial charge in [-0.15, -0.1) is 0 Å². The lowest BCUT2D eigenvalue weighted by Crippen LogP contribution is -2.44. The van der Waals surface area contributed by atoms with Crippen molar-refractivity contribution in [1.82, 2.24) is 16.0 Å². The summed E-state index contributed by atoms with van der Waals surface area (Å²) in [6, 6.07) is 43.2. The van der Waals surface area contributed by atoms with E-state index in [-0.39, 0.29) is 18.4 Å².